The molecule has 84 valence electrons. The summed E-state index contributed by atoms with van der Waals surface area (Å²) in [6.07, 6.45) is 0.393. The molecule has 0 fully saturated rings. The van der Waals surface area contributed by atoms with Crippen molar-refractivity contribution in [3.63, 3.8) is 0 Å². The third-order valence-electron chi connectivity index (χ3n) is 2.10. The van der Waals surface area contributed by atoms with Gasteiger partial charge < -0.3 is 5.11 Å². The van der Waals surface area contributed by atoms with E-state index in [-0.39, 0.29) is 12.4 Å². The predicted octanol–water partition coefficient (Wildman–Crippen LogP) is 3.14. The number of aliphatic hydroxyl groups excluding tert-OH is 1. The Morgan fingerprint density at radius 1 is 1.38 bits per heavy atom. The molecule has 5 heteroatoms. The molecule has 2 rings (SSSR count). The number of hydrogen-bond donors (Lipinski definition) is 1. The summed E-state index contributed by atoms with van der Waals surface area (Å²) in [7, 11) is 0. The number of nitrogens with zero attached hydrogens (tertiary/aromatic N) is 1. The molecule has 0 unspecified atom stereocenters. The fourth-order valence-electron chi connectivity index (χ4n) is 1.34. The van der Waals surface area contributed by atoms with Crippen molar-refractivity contribution in [3.05, 3.63) is 40.1 Å². The SMILES string of the molecule is OCCc1nc(-c2ccccc2F)sc1Cl. The molecule has 2 aromatic rings. The molecule has 1 heterocycles. The van der Waals surface area contributed by atoms with Gasteiger partial charge in [-0.25, -0.2) is 9.37 Å². The van der Waals surface area contributed by atoms with E-state index in [4.69, 9.17) is 16.7 Å². The zero-order valence-corrected chi connectivity index (χ0v) is 9.85. The molecule has 0 saturated heterocycles. The van der Waals surface area contributed by atoms with Gasteiger partial charge in [-0.05, 0) is 12.1 Å². The lowest BCUT2D eigenvalue weighted by atomic mass is 10.2. The topological polar surface area (TPSA) is 33.1 Å². The minimum absolute atomic E-state index is 0.0137. The van der Waals surface area contributed by atoms with E-state index < -0.39 is 0 Å². The minimum Gasteiger partial charge on any atom is -0.396 e. The molecule has 0 radical (unpaired) electrons. The van der Waals surface area contributed by atoms with Gasteiger partial charge in [0.25, 0.3) is 0 Å². The van der Waals surface area contributed by atoms with Crippen molar-refractivity contribution < 1.29 is 9.50 Å². The van der Waals surface area contributed by atoms with Gasteiger partial charge in [0.2, 0.25) is 0 Å². The zero-order chi connectivity index (χ0) is 11.5. The van der Waals surface area contributed by atoms with Crippen molar-refractivity contribution in [3.8, 4) is 10.6 Å². The maximum Gasteiger partial charge on any atom is 0.133 e. The summed E-state index contributed by atoms with van der Waals surface area (Å²) in [5.74, 6) is -0.316. The summed E-state index contributed by atoms with van der Waals surface area (Å²) in [5, 5.41) is 9.36. The molecule has 0 spiro atoms. The first-order chi connectivity index (χ1) is 7.72. The Labute approximate surface area is 101 Å². The van der Waals surface area contributed by atoms with Crippen molar-refractivity contribution in [2.75, 3.05) is 6.61 Å². The summed E-state index contributed by atoms with van der Waals surface area (Å²) in [4.78, 5) is 4.22. The number of aromatic nitrogens is 1. The molecule has 1 aromatic carbocycles. The summed E-state index contributed by atoms with van der Waals surface area (Å²) < 4.78 is 14.0. The predicted molar refractivity (Wildman–Crippen MR) is 63.3 cm³/mol. The van der Waals surface area contributed by atoms with E-state index in [1.165, 1.54) is 17.4 Å². The second-order valence-electron chi connectivity index (χ2n) is 3.19. The molecule has 0 aliphatic rings. The van der Waals surface area contributed by atoms with Crippen molar-refractivity contribution >= 4 is 22.9 Å². The highest BCUT2D eigenvalue weighted by atomic mass is 35.5. The number of halogens is 2. The van der Waals surface area contributed by atoms with Gasteiger partial charge in [0.15, 0.2) is 0 Å². The number of aliphatic hydroxyl groups is 1. The van der Waals surface area contributed by atoms with E-state index in [1.54, 1.807) is 18.2 Å². The van der Waals surface area contributed by atoms with Crippen LogP contribution in [0.1, 0.15) is 5.69 Å². The summed E-state index contributed by atoms with van der Waals surface area (Å²) >= 11 is 7.17. The molecular weight excluding hydrogens is 249 g/mol. The van der Waals surface area contributed by atoms with Crippen LogP contribution < -0.4 is 0 Å². The van der Waals surface area contributed by atoms with Crippen LogP contribution in [0, 0.1) is 5.82 Å². The Morgan fingerprint density at radius 3 is 2.81 bits per heavy atom. The van der Waals surface area contributed by atoms with Crippen LogP contribution in [0.25, 0.3) is 10.6 Å². The van der Waals surface area contributed by atoms with Gasteiger partial charge in [-0.3, -0.25) is 0 Å². The van der Waals surface area contributed by atoms with Crippen molar-refractivity contribution in [1.29, 1.82) is 0 Å². The van der Waals surface area contributed by atoms with Crippen LogP contribution in [-0.2, 0) is 6.42 Å². The lowest BCUT2D eigenvalue weighted by Crippen LogP contribution is -1.91. The fourth-order valence-corrected chi connectivity index (χ4v) is 2.57. The van der Waals surface area contributed by atoms with Crippen LogP contribution in [0.4, 0.5) is 4.39 Å². The van der Waals surface area contributed by atoms with Gasteiger partial charge in [-0.2, -0.15) is 0 Å². The molecule has 1 aromatic heterocycles. The second kappa shape index (κ2) is 4.91. The van der Waals surface area contributed by atoms with Gasteiger partial charge in [0, 0.05) is 18.6 Å². The van der Waals surface area contributed by atoms with Gasteiger partial charge in [0.05, 0.1) is 5.69 Å². The van der Waals surface area contributed by atoms with Crippen LogP contribution in [0.15, 0.2) is 24.3 Å². The smallest absolute Gasteiger partial charge is 0.133 e. The molecule has 0 aliphatic heterocycles. The Balaban J connectivity index is 2.42. The highest BCUT2D eigenvalue weighted by molar-refractivity contribution is 7.19. The van der Waals surface area contributed by atoms with Crippen LogP contribution >= 0.6 is 22.9 Å². The Hall–Kier alpha value is -0.970. The molecule has 0 saturated carbocycles. The number of hydrogen-bond acceptors (Lipinski definition) is 3. The van der Waals surface area contributed by atoms with Crippen molar-refractivity contribution in [2.45, 2.75) is 6.42 Å². The Kier molecular flexibility index (Phi) is 3.53. The summed E-state index contributed by atoms with van der Waals surface area (Å²) in [6.45, 7) is -0.0137. The average Bonchev–Trinajstić information content (AvgIpc) is 2.61. The fraction of sp³-hybridized carbons (Fsp3) is 0.182. The number of thiazole rings is 1. The lowest BCUT2D eigenvalue weighted by molar-refractivity contribution is 0.298. The lowest BCUT2D eigenvalue weighted by Gasteiger charge is -1.96. The maximum atomic E-state index is 13.5. The first-order valence-electron chi connectivity index (χ1n) is 4.73. The first kappa shape index (κ1) is 11.5. The highest BCUT2D eigenvalue weighted by Crippen LogP contribution is 2.33. The largest absolute Gasteiger partial charge is 0.396 e. The molecule has 0 aliphatic carbocycles. The van der Waals surface area contributed by atoms with Crippen molar-refractivity contribution in [1.82, 2.24) is 4.98 Å². The maximum absolute atomic E-state index is 13.5. The van der Waals surface area contributed by atoms with E-state index in [1.807, 2.05) is 0 Å². The van der Waals surface area contributed by atoms with Crippen LogP contribution in [0.2, 0.25) is 4.34 Å². The quantitative estimate of drug-likeness (QED) is 0.916. The van der Waals surface area contributed by atoms with Crippen LogP contribution in [-0.4, -0.2) is 16.7 Å². The summed E-state index contributed by atoms with van der Waals surface area (Å²) in [5.41, 5.74) is 1.06. The van der Waals surface area contributed by atoms with Crippen molar-refractivity contribution in [2.24, 2.45) is 0 Å². The minimum atomic E-state index is -0.316. The zero-order valence-electron chi connectivity index (χ0n) is 8.28. The number of benzene rings is 1. The van der Waals surface area contributed by atoms with Gasteiger partial charge in [0.1, 0.15) is 15.2 Å². The van der Waals surface area contributed by atoms with E-state index in [9.17, 15) is 4.39 Å². The van der Waals surface area contributed by atoms with E-state index in [0.717, 1.165) is 0 Å². The molecule has 0 atom stereocenters. The molecule has 0 bridgehead atoms. The van der Waals surface area contributed by atoms with Crippen LogP contribution in [0.5, 0.6) is 0 Å². The third-order valence-corrected chi connectivity index (χ3v) is 3.47. The van der Waals surface area contributed by atoms with E-state index >= 15 is 0 Å². The average molecular weight is 258 g/mol. The van der Waals surface area contributed by atoms with Crippen LogP contribution in [0.3, 0.4) is 0 Å². The first-order valence-corrected chi connectivity index (χ1v) is 5.93. The Bertz CT molecular complexity index is 500. The van der Waals surface area contributed by atoms with Gasteiger partial charge in [-0.15, -0.1) is 11.3 Å². The number of rotatable bonds is 3. The summed E-state index contributed by atoms with van der Waals surface area (Å²) in [6, 6.07) is 6.42. The van der Waals surface area contributed by atoms with Gasteiger partial charge in [-0.1, -0.05) is 23.7 Å². The van der Waals surface area contributed by atoms with Gasteiger partial charge >= 0.3 is 0 Å². The Morgan fingerprint density at radius 2 is 2.12 bits per heavy atom. The normalized spacial score (nSPS) is 10.7. The molecule has 16 heavy (non-hydrogen) atoms. The molecule has 2 nitrogen and oxygen atoms in total. The van der Waals surface area contributed by atoms with E-state index in [2.05, 4.69) is 4.98 Å². The molecule has 0 amide bonds. The molecule has 1 N–H and O–H groups in total. The third kappa shape index (κ3) is 2.24. The van der Waals surface area contributed by atoms with E-state index in [0.29, 0.717) is 27.0 Å². The molecular formula is C11H9ClFNOS. The standard InChI is InChI=1S/C11H9ClFNOS/c12-10-9(5-6-15)14-11(16-10)7-3-1-2-4-8(7)13/h1-4,15H,5-6H2. The second-order valence-corrected chi connectivity index (χ2v) is 4.79. The monoisotopic (exact) mass is 257 g/mol. The highest BCUT2D eigenvalue weighted by Gasteiger charge is 2.13.